The van der Waals surface area contributed by atoms with Crippen LogP contribution in [-0.4, -0.2) is 54.2 Å². The average molecular weight is 405 g/mol. The van der Waals surface area contributed by atoms with Gasteiger partial charge in [-0.25, -0.2) is 4.79 Å². The van der Waals surface area contributed by atoms with Crippen molar-refractivity contribution in [1.82, 2.24) is 25.7 Å². The SMILES string of the molecule is CN(C)CCNC(=O)c1cccc(CNC(=O)Nc2nnc(C(C)(C)C)s2)c1. The number of hydrogen-bond acceptors (Lipinski definition) is 6. The van der Waals surface area contributed by atoms with Gasteiger partial charge in [-0.1, -0.05) is 44.2 Å². The van der Waals surface area contributed by atoms with E-state index in [1.165, 1.54) is 11.3 Å². The van der Waals surface area contributed by atoms with Crippen molar-refractivity contribution in [1.29, 1.82) is 0 Å². The Kier molecular flexibility index (Phi) is 7.47. The Balaban J connectivity index is 1.86. The Morgan fingerprint density at radius 3 is 2.54 bits per heavy atom. The monoisotopic (exact) mass is 404 g/mol. The van der Waals surface area contributed by atoms with Crippen LogP contribution in [0.2, 0.25) is 0 Å². The maximum absolute atomic E-state index is 12.2. The quantitative estimate of drug-likeness (QED) is 0.658. The van der Waals surface area contributed by atoms with Crippen LogP contribution in [-0.2, 0) is 12.0 Å². The molecule has 0 spiro atoms. The number of hydrogen-bond donors (Lipinski definition) is 3. The number of rotatable bonds is 7. The van der Waals surface area contributed by atoms with Gasteiger partial charge in [0.05, 0.1) is 0 Å². The molecule has 0 bridgehead atoms. The number of nitrogens with zero attached hydrogens (tertiary/aromatic N) is 3. The molecular weight excluding hydrogens is 376 g/mol. The number of carbonyl (C=O) groups is 2. The zero-order valence-electron chi connectivity index (χ0n) is 17.0. The summed E-state index contributed by atoms with van der Waals surface area (Å²) < 4.78 is 0. The molecule has 0 aliphatic rings. The van der Waals surface area contributed by atoms with E-state index >= 15 is 0 Å². The number of carbonyl (C=O) groups excluding carboxylic acids is 2. The van der Waals surface area contributed by atoms with Gasteiger partial charge in [0.2, 0.25) is 5.13 Å². The third kappa shape index (κ3) is 6.90. The van der Waals surface area contributed by atoms with Gasteiger partial charge in [0.1, 0.15) is 5.01 Å². The third-order valence-corrected chi connectivity index (χ3v) is 5.04. The second-order valence-electron chi connectivity index (χ2n) is 7.73. The molecule has 0 saturated carbocycles. The summed E-state index contributed by atoms with van der Waals surface area (Å²) in [6, 6.07) is 6.82. The first kappa shape index (κ1) is 21.8. The van der Waals surface area contributed by atoms with Crippen LogP contribution in [0.5, 0.6) is 0 Å². The summed E-state index contributed by atoms with van der Waals surface area (Å²) >= 11 is 1.36. The van der Waals surface area contributed by atoms with E-state index in [1.54, 1.807) is 18.2 Å². The summed E-state index contributed by atoms with van der Waals surface area (Å²) in [5.41, 5.74) is 1.29. The Bertz CT molecular complexity index is 813. The number of urea groups is 1. The van der Waals surface area contributed by atoms with Gasteiger partial charge in [0.15, 0.2) is 0 Å². The zero-order chi connectivity index (χ0) is 20.7. The van der Waals surface area contributed by atoms with Gasteiger partial charge < -0.3 is 15.5 Å². The molecule has 3 N–H and O–H groups in total. The standard InChI is InChI=1S/C19H28N6O2S/c1-19(2,3)16-23-24-18(28-16)22-17(27)21-12-13-7-6-8-14(11-13)15(26)20-9-10-25(4)5/h6-8,11H,9-10,12H2,1-5H3,(H,20,26)(H2,21,22,24,27). The highest BCUT2D eigenvalue weighted by molar-refractivity contribution is 7.15. The molecule has 1 aromatic heterocycles. The Morgan fingerprint density at radius 2 is 1.89 bits per heavy atom. The van der Waals surface area contributed by atoms with Crippen LogP contribution in [0.15, 0.2) is 24.3 Å². The van der Waals surface area contributed by atoms with Crippen LogP contribution in [0.3, 0.4) is 0 Å². The highest BCUT2D eigenvalue weighted by atomic mass is 32.1. The van der Waals surface area contributed by atoms with Crippen LogP contribution < -0.4 is 16.0 Å². The van der Waals surface area contributed by atoms with Gasteiger partial charge >= 0.3 is 6.03 Å². The van der Waals surface area contributed by atoms with Gasteiger partial charge in [0, 0.05) is 30.6 Å². The maximum atomic E-state index is 12.2. The van der Waals surface area contributed by atoms with Crippen molar-refractivity contribution in [3.05, 3.63) is 40.4 Å². The molecule has 2 aromatic rings. The van der Waals surface area contributed by atoms with Crippen LogP contribution in [0.4, 0.5) is 9.93 Å². The fourth-order valence-electron chi connectivity index (χ4n) is 2.22. The number of likely N-dealkylation sites (N-methyl/N-ethyl adjacent to an activating group) is 1. The summed E-state index contributed by atoms with van der Waals surface area (Å²) in [4.78, 5) is 26.3. The van der Waals surface area contributed by atoms with Crippen LogP contribution >= 0.6 is 11.3 Å². The molecule has 152 valence electrons. The normalized spacial score (nSPS) is 11.4. The molecular formula is C19H28N6O2S. The van der Waals surface area contributed by atoms with Crippen molar-refractivity contribution in [3.63, 3.8) is 0 Å². The molecule has 2 rings (SSSR count). The Labute approximate surface area is 169 Å². The van der Waals surface area contributed by atoms with Gasteiger partial charge in [-0.15, -0.1) is 10.2 Å². The fraction of sp³-hybridized carbons (Fsp3) is 0.474. The van der Waals surface area contributed by atoms with Gasteiger partial charge in [-0.05, 0) is 31.8 Å². The van der Waals surface area contributed by atoms with E-state index in [0.717, 1.165) is 17.1 Å². The molecule has 1 heterocycles. The molecule has 8 nitrogen and oxygen atoms in total. The number of benzene rings is 1. The van der Waals surface area contributed by atoms with Crippen molar-refractivity contribution < 1.29 is 9.59 Å². The summed E-state index contributed by atoms with van der Waals surface area (Å²) in [6.45, 7) is 7.78. The van der Waals surface area contributed by atoms with Crippen LogP contribution in [0.1, 0.15) is 41.7 Å². The van der Waals surface area contributed by atoms with E-state index < -0.39 is 0 Å². The molecule has 28 heavy (non-hydrogen) atoms. The molecule has 0 saturated heterocycles. The summed E-state index contributed by atoms with van der Waals surface area (Å²) in [5, 5.41) is 17.7. The average Bonchev–Trinajstić information content (AvgIpc) is 3.08. The van der Waals surface area contributed by atoms with Crippen molar-refractivity contribution in [3.8, 4) is 0 Å². The number of nitrogens with one attached hydrogen (secondary N) is 3. The van der Waals surface area contributed by atoms with Gasteiger partial charge in [-0.3, -0.25) is 10.1 Å². The fourth-order valence-corrected chi connectivity index (χ4v) is 3.01. The van der Waals surface area contributed by atoms with E-state index in [4.69, 9.17) is 0 Å². The second kappa shape index (κ2) is 9.61. The van der Waals surface area contributed by atoms with E-state index in [0.29, 0.717) is 23.8 Å². The van der Waals surface area contributed by atoms with E-state index in [-0.39, 0.29) is 17.4 Å². The first-order chi connectivity index (χ1) is 13.1. The molecule has 3 amide bonds. The minimum Gasteiger partial charge on any atom is -0.351 e. The first-order valence-corrected chi connectivity index (χ1v) is 9.87. The Morgan fingerprint density at radius 1 is 1.14 bits per heavy atom. The van der Waals surface area contributed by atoms with Crippen molar-refractivity contribution in [2.75, 3.05) is 32.5 Å². The topological polar surface area (TPSA) is 99.2 Å². The minimum absolute atomic E-state index is 0.109. The zero-order valence-corrected chi connectivity index (χ0v) is 17.8. The van der Waals surface area contributed by atoms with E-state index in [1.807, 2.05) is 45.8 Å². The summed E-state index contributed by atoms with van der Waals surface area (Å²) in [6.07, 6.45) is 0. The molecule has 9 heteroatoms. The first-order valence-electron chi connectivity index (χ1n) is 9.06. The van der Waals surface area contributed by atoms with E-state index in [2.05, 4.69) is 26.1 Å². The highest BCUT2D eigenvalue weighted by Gasteiger charge is 2.20. The lowest BCUT2D eigenvalue weighted by atomic mass is 9.98. The summed E-state index contributed by atoms with van der Waals surface area (Å²) in [7, 11) is 3.91. The molecule has 0 unspecified atom stereocenters. The van der Waals surface area contributed by atoms with Crippen molar-refractivity contribution in [2.24, 2.45) is 0 Å². The van der Waals surface area contributed by atoms with Gasteiger partial charge in [-0.2, -0.15) is 0 Å². The molecule has 0 aliphatic carbocycles. The van der Waals surface area contributed by atoms with Gasteiger partial charge in [0.25, 0.3) is 5.91 Å². The Hall–Kier alpha value is -2.52. The lowest BCUT2D eigenvalue weighted by Gasteiger charge is -2.12. The molecule has 0 atom stereocenters. The second-order valence-corrected chi connectivity index (χ2v) is 8.71. The predicted molar refractivity (Wildman–Crippen MR) is 112 cm³/mol. The third-order valence-electron chi connectivity index (χ3n) is 3.77. The van der Waals surface area contributed by atoms with Crippen LogP contribution in [0.25, 0.3) is 0 Å². The number of anilines is 1. The summed E-state index contributed by atoms with van der Waals surface area (Å²) in [5.74, 6) is -0.128. The number of amides is 3. The lowest BCUT2D eigenvalue weighted by molar-refractivity contribution is 0.0951. The molecule has 0 aliphatic heterocycles. The molecule has 0 radical (unpaired) electrons. The maximum Gasteiger partial charge on any atom is 0.321 e. The molecule has 1 aromatic carbocycles. The van der Waals surface area contributed by atoms with Crippen molar-refractivity contribution in [2.45, 2.75) is 32.7 Å². The smallest absolute Gasteiger partial charge is 0.321 e. The predicted octanol–water partition coefficient (Wildman–Crippen LogP) is 2.45. The molecule has 0 fully saturated rings. The highest BCUT2D eigenvalue weighted by Crippen LogP contribution is 2.27. The number of aromatic nitrogens is 2. The largest absolute Gasteiger partial charge is 0.351 e. The van der Waals surface area contributed by atoms with Crippen LogP contribution in [0, 0.1) is 0 Å². The lowest BCUT2D eigenvalue weighted by Crippen LogP contribution is -2.31. The minimum atomic E-state index is -0.363. The van der Waals surface area contributed by atoms with Crippen molar-refractivity contribution >= 4 is 28.4 Å². The van der Waals surface area contributed by atoms with E-state index in [9.17, 15) is 9.59 Å².